The summed E-state index contributed by atoms with van der Waals surface area (Å²) >= 11 is 0. The quantitative estimate of drug-likeness (QED) is 0.473. The van der Waals surface area contributed by atoms with Crippen molar-refractivity contribution in [3.63, 3.8) is 0 Å². The molecule has 7 nitrogen and oxygen atoms in total. The molecule has 1 aromatic carbocycles. The van der Waals surface area contributed by atoms with E-state index >= 15 is 0 Å². The van der Waals surface area contributed by atoms with Crippen LogP contribution in [0.1, 0.15) is 26.3 Å². The zero-order valence-corrected chi connectivity index (χ0v) is 13.0. The molecule has 0 aliphatic rings. The molecule has 1 aromatic rings. The first-order chi connectivity index (χ1) is 10.4. The topological polar surface area (TPSA) is 85.1 Å². The smallest absolute Gasteiger partial charge is 0.362 e. The Kier molecular flexibility index (Phi) is 6.37. The maximum atomic E-state index is 11.3. The number of rotatable bonds is 7. The van der Waals surface area contributed by atoms with Crippen LogP contribution in [-0.4, -0.2) is 35.9 Å². The standard InChI is InChI=1S/C15H20NO6/c1-5-21-14(17)7-6-11-8-12(16(18)19)15(22-10(2)3)13(9-11)20-4/h6-10H,5H2,1-4H3,(H,18,19)/q+1/b7-6+. The first-order valence-electron chi connectivity index (χ1n) is 6.78. The van der Waals surface area contributed by atoms with Gasteiger partial charge in [0.1, 0.15) is 0 Å². The van der Waals surface area contributed by atoms with Crippen LogP contribution in [0.5, 0.6) is 11.5 Å². The van der Waals surface area contributed by atoms with Crippen LogP contribution in [0.15, 0.2) is 18.2 Å². The van der Waals surface area contributed by atoms with Crippen LogP contribution in [-0.2, 0) is 9.53 Å². The Labute approximate surface area is 128 Å². The van der Waals surface area contributed by atoms with Gasteiger partial charge in [-0.15, -0.1) is 0 Å². The number of hydrogen-bond donors (Lipinski definition) is 1. The lowest BCUT2D eigenvalue weighted by Gasteiger charge is -2.13. The number of hydrogen-bond acceptors (Lipinski definition) is 5. The summed E-state index contributed by atoms with van der Waals surface area (Å²) in [6.45, 7) is 5.53. The van der Waals surface area contributed by atoms with Gasteiger partial charge in [0.25, 0.3) is 4.92 Å². The molecule has 0 aliphatic carbocycles. The normalized spacial score (nSPS) is 10.8. The van der Waals surface area contributed by atoms with Crippen molar-refractivity contribution >= 4 is 17.7 Å². The van der Waals surface area contributed by atoms with Crippen LogP contribution in [0, 0.1) is 4.91 Å². The minimum absolute atomic E-state index is 0.114. The molecule has 1 rings (SSSR count). The van der Waals surface area contributed by atoms with Crippen molar-refractivity contribution in [1.82, 2.24) is 0 Å². The van der Waals surface area contributed by atoms with E-state index in [1.54, 1.807) is 26.8 Å². The van der Waals surface area contributed by atoms with E-state index in [-0.39, 0.29) is 34.8 Å². The van der Waals surface area contributed by atoms with Crippen molar-refractivity contribution < 1.29 is 29.1 Å². The maximum Gasteiger partial charge on any atom is 0.362 e. The highest BCUT2D eigenvalue weighted by atomic mass is 16.6. The first kappa shape index (κ1) is 17.5. The zero-order valence-electron chi connectivity index (χ0n) is 13.0. The molecular formula is C15H20NO6+. The summed E-state index contributed by atoms with van der Waals surface area (Å²) in [6.07, 6.45) is 2.46. The molecule has 0 aliphatic heterocycles. The van der Waals surface area contributed by atoms with Gasteiger partial charge in [0.15, 0.2) is 5.75 Å². The van der Waals surface area contributed by atoms with Crippen molar-refractivity contribution in [2.45, 2.75) is 26.9 Å². The number of ether oxygens (including phenoxy) is 3. The SMILES string of the molecule is CCOC(=O)/C=C/c1cc(OC)c(OC(C)C)c([N+](=O)O)c1. The second kappa shape index (κ2) is 8.02. The van der Waals surface area contributed by atoms with Crippen molar-refractivity contribution in [1.29, 1.82) is 0 Å². The first-order valence-corrected chi connectivity index (χ1v) is 6.78. The summed E-state index contributed by atoms with van der Waals surface area (Å²) in [5, 5.41) is 9.25. The van der Waals surface area contributed by atoms with Crippen LogP contribution < -0.4 is 9.47 Å². The predicted octanol–water partition coefficient (Wildman–Crippen LogP) is 2.86. The van der Waals surface area contributed by atoms with E-state index < -0.39 is 5.97 Å². The van der Waals surface area contributed by atoms with E-state index in [0.717, 1.165) is 0 Å². The molecule has 0 atom stereocenters. The van der Waals surface area contributed by atoms with Crippen LogP contribution in [0.3, 0.4) is 0 Å². The van der Waals surface area contributed by atoms with E-state index in [4.69, 9.17) is 14.2 Å². The molecule has 0 spiro atoms. The van der Waals surface area contributed by atoms with Crippen molar-refractivity contribution in [3.8, 4) is 11.5 Å². The monoisotopic (exact) mass is 310 g/mol. The summed E-state index contributed by atoms with van der Waals surface area (Å²) in [4.78, 5) is 22.3. The highest BCUT2D eigenvalue weighted by Crippen LogP contribution is 2.39. The number of methoxy groups -OCH3 is 1. The Bertz CT molecular complexity index is 580. The minimum atomic E-state index is -0.506. The van der Waals surface area contributed by atoms with Gasteiger partial charge in [-0.25, -0.2) is 10.0 Å². The molecule has 0 amide bonds. The Morgan fingerprint density at radius 3 is 2.59 bits per heavy atom. The summed E-state index contributed by atoms with van der Waals surface area (Å²) in [5.74, 6) is -0.110. The zero-order chi connectivity index (χ0) is 16.7. The number of benzene rings is 1. The molecule has 0 fully saturated rings. The van der Waals surface area contributed by atoms with Crippen LogP contribution in [0.25, 0.3) is 6.08 Å². The Hall–Kier alpha value is -2.57. The average molecular weight is 310 g/mol. The maximum absolute atomic E-state index is 11.3. The van der Waals surface area contributed by atoms with Gasteiger partial charge in [-0.3, -0.25) is 0 Å². The summed E-state index contributed by atoms with van der Waals surface area (Å²) in [5.41, 5.74) is 0.363. The van der Waals surface area contributed by atoms with E-state index in [1.807, 2.05) is 0 Å². The third kappa shape index (κ3) is 4.76. The average Bonchev–Trinajstić information content (AvgIpc) is 2.45. The molecule has 7 heteroatoms. The molecular weight excluding hydrogens is 290 g/mol. The van der Waals surface area contributed by atoms with Crippen LogP contribution in [0.2, 0.25) is 0 Å². The van der Waals surface area contributed by atoms with E-state index in [0.29, 0.717) is 5.56 Å². The van der Waals surface area contributed by atoms with Crippen molar-refractivity contribution in [3.05, 3.63) is 28.7 Å². The van der Waals surface area contributed by atoms with Gasteiger partial charge in [-0.1, -0.05) is 0 Å². The Morgan fingerprint density at radius 2 is 2.09 bits per heavy atom. The molecule has 0 bridgehead atoms. The summed E-state index contributed by atoms with van der Waals surface area (Å²) < 4.78 is 15.5. The van der Waals surface area contributed by atoms with Gasteiger partial charge in [-0.05, 0) is 38.5 Å². The molecule has 0 aromatic heterocycles. The predicted molar refractivity (Wildman–Crippen MR) is 79.5 cm³/mol. The molecule has 120 valence electrons. The summed E-state index contributed by atoms with van der Waals surface area (Å²) in [6, 6.07) is 2.96. The fourth-order valence-corrected chi connectivity index (χ4v) is 1.71. The lowest BCUT2D eigenvalue weighted by Crippen LogP contribution is -2.09. The lowest BCUT2D eigenvalue weighted by atomic mass is 10.1. The third-order valence-electron chi connectivity index (χ3n) is 2.54. The Balaban J connectivity index is 3.24. The number of carbonyl (C=O) groups excluding carboxylic acids is 1. The minimum Gasteiger partial charge on any atom is -0.493 e. The molecule has 0 radical (unpaired) electrons. The van der Waals surface area contributed by atoms with Gasteiger partial charge in [-0.2, -0.15) is 0 Å². The molecule has 0 saturated carbocycles. The molecule has 0 saturated heterocycles. The fourth-order valence-electron chi connectivity index (χ4n) is 1.71. The molecule has 0 heterocycles. The van der Waals surface area contributed by atoms with Crippen LogP contribution in [0.4, 0.5) is 5.69 Å². The van der Waals surface area contributed by atoms with Gasteiger partial charge in [0.2, 0.25) is 5.75 Å². The van der Waals surface area contributed by atoms with E-state index in [2.05, 4.69) is 0 Å². The second-order valence-electron chi connectivity index (χ2n) is 4.60. The molecule has 22 heavy (non-hydrogen) atoms. The fraction of sp³-hybridized carbons (Fsp3) is 0.400. The number of esters is 1. The van der Waals surface area contributed by atoms with Gasteiger partial charge in [0, 0.05) is 12.1 Å². The van der Waals surface area contributed by atoms with Crippen molar-refractivity contribution in [2.75, 3.05) is 13.7 Å². The van der Waals surface area contributed by atoms with E-state index in [1.165, 1.54) is 25.3 Å². The van der Waals surface area contributed by atoms with Gasteiger partial charge < -0.3 is 14.2 Å². The third-order valence-corrected chi connectivity index (χ3v) is 2.54. The second-order valence-corrected chi connectivity index (χ2v) is 4.60. The lowest BCUT2D eigenvalue weighted by molar-refractivity contribution is -0.730. The number of carbonyl (C=O) groups is 1. The van der Waals surface area contributed by atoms with Crippen LogP contribution >= 0.6 is 0 Å². The Morgan fingerprint density at radius 1 is 1.41 bits per heavy atom. The highest BCUT2D eigenvalue weighted by Gasteiger charge is 2.26. The van der Waals surface area contributed by atoms with Gasteiger partial charge >= 0.3 is 11.7 Å². The van der Waals surface area contributed by atoms with Gasteiger partial charge in [0.05, 0.1) is 24.7 Å². The molecule has 0 unspecified atom stereocenters. The largest absolute Gasteiger partial charge is 0.493 e. The number of nitrogens with zero attached hydrogens (tertiary/aromatic N) is 1. The van der Waals surface area contributed by atoms with E-state index in [9.17, 15) is 14.9 Å². The molecule has 1 N–H and O–H groups in total. The van der Waals surface area contributed by atoms with Crippen molar-refractivity contribution in [2.24, 2.45) is 0 Å². The summed E-state index contributed by atoms with van der Waals surface area (Å²) in [7, 11) is 1.41. The highest BCUT2D eigenvalue weighted by molar-refractivity contribution is 5.87.